The van der Waals surface area contributed by atoms with E-state index in [4.69, 9.17) is 4.74 Å². The van der Waals surface area contributed by atoms with Gasteiger partial charge in [-0.25, -0.2) is 0 Å². The zero-order valence-electron chi connectivity index (χ0n) is 20.2. The van der Waals surface area contributed by atoms with Crippen LogP contribution in [0.5, 0.6) is 0 Å². The van der Waals surface area contributed by atoms with Crippen LogP contribution in [-0.4, -0.2) is 22.9 Å². The van der Waals surface area contributed by atoms with Crippen molar-refractivity contribution in [3.05, 3.63) is 23.8 Å². The Balaban J connectivity index is 1.40. The molecule has 10 atom stereocenters. The van der Waals surface area contributed by atoms with Crippen LogP contribution in [0.2, 0.25) is 0 Å². The number of hydrogen-bond donors (Lipinski definition) is 1. The van der Waals surface area contributed by atoms with E-state index in [2.05, 4.69) is 59.8 Å². The van der Waals surface area contributed by atoms with E-state index in [-0.39, 0.29) is 23.2 Å². The van der Waals surface area contributed by atoms with Crippen molar-refractivity contribution >= 4 is 0 Å². The van der Waals surface area contributed by atoms with Gasteiger partial charge in [0.15, 0.2) is 0 Å². The highest BCUT2D eigenvalue weighted by Gasteiger charge is 2.73. The number of epoxide rings is 1. The van der Waals surface area contributed by atoms with Gasteiger partial charge < -0.3 is 9.84 Å². The van der Waals surface area contributed by atoms with Gasteiger partial charge in [0.05, 0.1) is 6.10 Å². The lowest BCUT2D eigenvalue weighted by Gasteiger charge is -2.56. The van der Waals surface area contributed by atoms with Gasteiger partial charge in [-0.2, -0.15) is 0 Å². The number of rotatable bonds is 4. The molecule has 0 aromatic heterocycles. The second-order valence-corrected chi connectivity index (χ2v) is 12.6. The molecule has 2 nitrogen and oxygen atoms in total. The average Bonchev–Trinajstić information content (AvgIpc) is 3.27. The van der Waals surface area contributed by atoms with Gasteiger partial charge >= 0.3 is 0 Å². The molecule has 30 heavy (non-hydrogen) atoms. The molecular weight excluding hydrogens is 368 g/mol. The molecule has 1 aliphatic heterocycles. The van der Waals surface area contributed by atoms with Crippen LogP contribution in [0, 0.1) is 46.3 Å². The Labute approximate surface area is 184 Å². The Hall–Kier alpha value is -0.600. The van der Waals surface area contributed by atoms with E-state index in [9.17, 15) is 5.11 Å². The van der Waals surface area contributed by atoms with Gasteiger partial charge in [0, 0.05) is 11.8 Å². The first-order valence-corrected chi connectivity index (χ1v) is 12.9. The Kier molecular flexibility index (Phi) is 4.92. The Morgan fingerprint density at radius 2 is 1.77 bits per heavy atom. The molecule has 1 heterocycles. The molecule has 0 amide bonds. The summed E-state index contributed by atoms with van der Waals surface area (Å²) in [6.45, 7) is 14.6. The molecule has 1 N–H and O–H groups in total. The van der Waals surface area contributed by atoms with E-state index >= 15 is 0 Å². The monoisotopic (exact) mass is 412 g/mol. The summed E-state index contributed by atoms with van der Waals surface area (Å²) in [6, 6.07) is 0. The number of ether oxygens (including phenoxy) is 1. The lowest BCUT2D eigenvalue weighted by Crippen LogP contribution is -2.55. The quantitative estimate of drug-likeness (QED) is 0.420. The molecule has 0 radical (unpaired) electrons. The van der Waals surface area contributed by atoms with Crippen molar-refractivity contribution in [2.24, 2.45) is 46.3 Å². The number of hydrogen-bond acceptors (Lipinski definition) is 2. The van der Waals surface area contributed by atoms with Crippen LogP contribution >= 0.6 is 0 Å². The van der Waals surface area contributed by atoms with E-state index in [0.29, 0.717) is 23.2 Å². The van der Waals surface area contributed by atoms with Gasteiger partial charge in [-0.15, -0.1) is 0 Å². The van der Waals surface area contributed by atoms with Gasteiger partial charge in [-0.1, -0.05) is 65.3 Å². The summed E-state index contributed by atoms with van der Waals surface area (Å²) >= 11 is 0. The fraction of sp³-hybridized carbons (Fsp3) is 0.857. The third-order valence-electron chi connectivity index (χ3n) is 10.9. The standard InChI is InChI=1S/C28H44O2/c1-17(2)18(3)7-8-19(4)22-9-10-23-21-15-25-28(30-25)16-20(29)11-14-27(28,6)24(21)12-13-26(22,23)5/h7-8,15,17-20,22-25,29H,9-14,16H2,1-6H3/b8-7+/t18?,19-,20+,22?,23?,24?,25?,26-,27-,28?/m1/s1. The van der Waals surface area contributed by atoms with Crippen LogP contribution in [0.1, 0.15) is 86.5 Å². The van der Waals surface area contributed by atoms with Gasteiger partial charge in [-0.3, -0.25) is 0 Å². The van der Waals surface area contributed by atoms with Crippen LogP contribution < -0.4 is 0 Å². The van der Waals surface area contributed by atoms with Crippen LogP contribution in [0.3, 0.4) is 0 Å². The molecular formula is C28H44O2. The third-order valence-corrected chi connectivity index (χ3v) is 10.9. The average molecular weight is 413 g/mol. The molecule has 4 aliphatic carbocycles. The highest BCUT2D eigenvalue weighted by molar-refractivity contribution is 5.38. The fourth-order valence-electron chi connectivity index (χ4n) is 8.52. The van der Waals surface area contributed by atoms with Gasteiger partial charge in [-0.05, 0) is 79.4 Å². The molecule has 168 valence electrons. The van der Waals surface area contributed by atoms with E-state index in [1.807, 2.05) is 0 Å². The predicted octanol–water partition coefficient (Wildman–Crippen LogP) is 6.54. The van der Waals surface area contributed by atoms with Gasteiger partial charge in [0.25, 0.3) is 0 Å². The van der Waals surface area contributed by atoms with Gasteiger partial charge in [0.2, 0.25) is 0 Å². The first kappa shape index (κ1) is 21.3. The number of allylic oxidation sites excluding steroid dienone is 3. The third kappa shape index (κ3) is 2.81. The molecule has 5 rings (SSSR count). The van der Waals surface area contributed by atoms with E-state index in [1.165, 1.54) is 25.7 Å². The summed E-state index contributed by atoms with van der Waals surface area (Å²) < 4.78 is 6.43. The minimum atomic E-state index is -0.163. The van der Waals surface area contributed by atoms with E-state index in [0.717, 1.165) is 37.0 Å². The zero-order valence-corrected chi connectivity index (χ0v) is 20.2. The maximum Gasteiger partial charge on any atom is 0.107 e. The summed E-state index contributed by atoms with van der Waals surface area (Å²) in [5.41, 5.74) is 2.38. The molecule has 3 saturated carbocycles. The smallest absolute Gasteiger partial charge is 0.107 e. The van der Waals surface area contributed by atoms with Crippen molar-refractivity contribution in [1.29, 1.82) is 0 Å². The Morgan fingerprint density at radius 1 is 1.00 bits per heavy atom. The van der Waals surface area contributed by atoms with Crippen molar-refractivity contribution in [3.63, 3.8) is 0 Å². The maximum atomic E-state index is 10.4. The Morgan fingerprint density at radius 3 is 2.50 bits per heavy atom. The Bertz CT molecular complexity index is 752. The number of aliphatic hydroxyl groups excluding tert-OH is 1. The molecule has 0 aromatic carbocycles. The molecule has 1 saturated heterocycles. The molecule has 0 bridgehead atoms. The van der Waals surface area contributed by atoms with Crippen molar-refractivity contribution in [3.8, 4) is 0 Å². The van der Waals surface area contributed by atoms with Crippen LogP contribution in [0.4, 0.5) is 0 Å². The summed E-state index contributed by atoms with van der Waals surface area (Å²) in [5, 5.41) is 10.4. The molecule has 2 heteroatoms. The number of aliphatic hydroxyl groups is 1. The molecule has 5 aliphatic rings. The second-order valence-electron chi connectivity index (χ2n) is 12.6. The summed E-state index contributed by atoms with van der Waals surface area (Å²) in [5.74, 6) is 4.26. The highest BCUT2D eigenvalue weighted by Crippen LogP contribution is 2.72. The largest absolute Gasteiger partial charge is 0.393 e. The number of fused-ring (bicyclic) bond motifs is 4. The van der Waals surface area contributed by atoms with Crippen molar-refractivity contribution in [2.75, 3.05) is 0 Å². The van der Waals surface area contributed by atoms with Crippen LogP contribution in [0.25, 0.3) is 0 Å². The lowest BCUT2D eigenvalue weighted by atomic mass is 9.47. The van der Waals surface area contributed by atoms with E-state index in [1.54, 1.807) is 5.57 Å². The normalized spacial score (nSPS) is 51.6. The first-order chi connectivity index (χ1) is 14.1. The molecule has 4 fully saturated rings. The SMILES string of the molecule is CC(C)C(C)/C=C/[C@@H](C)C1CCC2C3=CC4OC45C[C@@H](O)CC[C@]5(C)C3CC[C@@]21C. The van der Waals surface area contributed by atoms with Crippen LogP contribution in [0.15, 0.2) is 23.8 Å². The summed E-state index contributed by atoms with van der Waals surface area (Å²) in [7, 11) is 0. The fourth-order valence-corrected chi connectivity index (χ4v) is 8.52. The highest BCUT2D eigenvalue weighted by atomic mass is 16.6. The van der Waals surface area contributed by atoms with Crippen molar-refractivity contribution < 1.29 is 9.84 Å². The van der Waals surface area contributed by atoms with E-state index < -0.39 is 0 Å². The summed E-state index contributed by atoms with van der Waals surface area (Å²) in [6.07, 6.45) is 16.0. The molecule has 0 aromatic rings. The molecule has 1 spiro atoms. The second kappa shape index (κ2) is 6.95. The predicted molar refractivity (Wildman–Crippen MR) is 123 cm³/mol. The van der Waals surface area contributed by atoms with Gasteiger partial charge in [0.1, 0.15) is 11.7 Å². The first-order valence-electron chi connectivity index (χ1n) is 12.9. The minimum absolute atomic E-state index is 0.0480. The van der Waals surface area contributed by atoms with Crippen LogP contribution in [-0.2, 0) is 4.74 Å². The van der Waals surface area contributed by atoms with Crippen molar-refractivity contribution in [2.45, 2.75) is 104 Å². The lowest BCUT2D eigenvalue weighted by molar-refractivity contribution is -0.0527. The zero-order chi connectivity index (χ0) is 21.5. The topological polar surface area (TPSA) is 32.8 Å². The minimum Gasteiger partial charge on any atom is -0.393 e. The summed E-state index contributed by atoms with van der Waals surface area (Å²) in [4.78, 5) is 0. The molecule has 6 unspecified atom stereocenters. The maximum absolute atomic E-state index is 10.4. The van der Waals surface area contributed by atoms with Crippen molar-refractivity contribution in [1.82, 2.24) is 0 Å².